The van der Waals surface area contributed by atoms with E-state index >= 15 is 8.78 Å². The van der Waals surface area contributed by atoms with E-state index in [1.165, 1.54) is 35.4 Å². The van der Waals surface area contributed by atoms with E-state index < -0.39 is 48.8 Å². The van der Waals surface area contributed by atoms with Crippen molar-refractivity contribution in [2.24, 2.45) is 0 Å². The van der Waals surface area contributed by atoms with Gasteiger partial charge in [0.25, 0.3) is 5.56 Å². The van der Waals surface area contributed by atoms with E-state index in [0.29, 0.717) is 11.3 Å². The molecular weight excluding hydrogens is 626 g/mol. The van der Waals surface area contributed by atoms with Gasteiger partial charge < -0.3 is 14.9 Å². The standard InChI is InChI=1S/C32H31ClF2N4O5S/c1-6-23(41)37-12-14-38(15-13-37)30-19-16-20(33)24(25-21(34)8-7-9-22(25)40)26(35)29(19)39(32(42)31(30)45(5,43)44)28-18(4)10-11-36-27(28)17(2)3/h6-11,16-17,40H,1,12-15H2,2-5H3. The van der Waals surface area contributed by atoms with Gasteiger partial charge in [-0.3, -0.25) is 19.1 Å². The highest BCUT2D eigenvalue weighted by molar-refractivity contribution is 7.90. The second-order valence-corrected chi connectivity index (χ2v) is 13.6. The molecule has 0 atom stereocenters. The molecule has 0 saturated carbocycles. The Kier molecular flexibility index (Phi) is 8.49. The summed E-state index contributed by atoms with van der Waals surface area (Å²) in [6.07, 6.45) is 3.60. The number of rotatable bonds is 6. The molecule has 236 valence electrons. The number of amides is 1. The third-order valence-corrected chi connectivity index (χ3v) is 9.31. The van der Waals surface area contributed by atoms with Crippen molar-refractivity contribution >= 4 is 43.9 Å². The molecule has 1 amide bonds. The molecule has 1 aliphatic heterocycles. The molecule has 0 bridgehead atoms. The molecule has 0 radical (unpaired) electrons. The highest BCUT2D eigenvalue weighted by atomic mass is 35.5. The summed E-state index contributed by atoms with van der Waals surface area (Å²) in [5.41, 5.74) is -1.43. The zero-order valence-electron chi connectivity index (χ0n) is 25.1. The van der Waals surface area contributed by atoms with Gasteiger partial charge in [-0.05, 0) is 48.7 Å². The number of phenols is 1. The number of hydrogen-bond donors (Lipinski definition) is 1. The first-order valence-electron chi connectivity index (χ1n) is 14.1. The van der Waals surface area contributed by atoms with Gasteiger partial charge in [0.2, 0.25) is 5.91 Å². The largest absolute Gasteiger partial charge is 0.507 e. The lowest BCUT2D eigenvalue weighted by Gasteiger charge is -2.37. The molecule has 2 aromatic heterocycles. The van der Waals surface area contributed by atoms with E-state index in [9.17, 15) is 23.1 Å². The van der Waals surface area contributed by atoms with Crippen LogP contribution in [0.1, 0.15) is 31.0 Å². The second-order valence-electron chi connectivity index (χ2n) is 11.2. The Bertz CT molecular complexity index is 2040. The molecule has 2 aromatic carbocycles. The van der Waals surface area contributed by atoms with E-state index in [0.717, 1.165) is 16.9 Å². The minimum Gasteiger partial charge on any atom is -0.507 e. The zero-order chi connectivity index (χ0) is 33.0. The van der Waals surface area contributed by atoms with Gasteiger partial charge in [0, 0.05) is 49.6 Å². The topological polar surface area (TPSA) is 113 Å². The molecule has 4 aromatic rings. The number of aryl methyl sites for hydroxylation is 1. The Morgan fingerprint density at radius 1 is 1.11 bits per heavy atom. The zero-order valence-corrected chi connectivity index (χ0v) is 26.6. The van der Waals surface area contributed by atoms with Crippen LogP contribution in [-0.4, -0.2) is 66.3 Å². The van der Waals surface area contributed by atoms with Crippen molar-refractivity contribution in [1.29, 1.82) is 0 Å². The molecule has 0 spiro atoms. The predicted octanol–water partition coefficient (Wildman–Crippen LogP) is 5.36. The van der Waals surface area contributed by atoms with Gasteiger partial charge in [0.1, 0.15) is 11.6 Å². The van der Waals surface area contributed by atoms with Crippen LogP contribution in [0.25, 0.3) is 27.7 Å². The quantitative estimate of drug-likeness (QED) is 0.278. The number of aromatic hydroxyl groups is 1. The number of pyridine rings is 2. The molecule has 5 rings (SSSR count). The first-order valence-corrected chi connectivity index (χ1v) is 16.4. The van der Waals surface area contributed by atoms with Crippen LogP contribution in [0.2, 0.25) is 5.02 Å². The smallest absolute Gasteiger partial charge is 0.276 e. The maximum atomic E-state index is 17.2. The molecule has 1 fully saturated rings. The van der Waals surface area contributed by atoms with Crippen LogP contribution in [0, 0.1) is 18.6 Å². The number of benzene rings is 2. The van der Waals surface area contributed by atoms with E-state index in [1.54, 1.807) is 17.9 Å². The molecule has 1 saturated heterocycles. The summed E-state index contributed by atoms with van der Waals surface area (Å²) in [4.78, 5) is 33.8. The summed E-state index contributed by atoms with van der Waals surface area (Å²) >= 11 is 6.65. The highest BCUT2D eigenvalue weighted by Gasteiger charge is 2.34. The number of sulfone groups is 1. The highest BCUT2D eigenvalue weighted by Crippen LogP contribution is 2.45. The molecule has 45 heavy (non-hydrogen) atoms. The van der Waals surface area contributed by atoms with Crippen LogP contribution in [0.15, 0.2) is 58.9 Å². The lowest BCUT2D eigenvalue weighted by Crippen LogP contribution is -2.49. The number of carbonyl (C=O) groups excluding carboxylic acids is 1. The average molecular weight is 657 g/mol. The minimum absolute atomic E-state index is 0.0291. The number of piperazine rings is 1. The van der Waals surface area contributed by atoms with Crippen molar-refractivity contribution in [3.05, 3.63) is 87.5 Å². The normalized spacial score (nSPS) is 14.0. The molecule has 13 heteroatoms. The van der Waals surface area contributed by atoms with E-state index in [2.05, 4.69) is 11.6 Å². The van der Waals surface area contributed by atoms with Gasteiger partial charge in [-0.1, -0.05) is 38.1 Å². The Morgan fingerprint density at radius 2 is 1.78 bits per heavy atom. The fourth-order valence-corrected chi connectivity index (χ4v) is 7.14. The monoisotopic (exact) mass is 656 g/mol. The lowest BCUT2D eigenvalue weighted by atomic mass is 9.98. The van der Waals surface area contributed by atoms with Gasteiger partial charge in [-0.15, -0.1) is 0 Å². The Labute approximate surface area is 263 Å². The number of carbonyl (C=O) groups is 1. The molecule has 0 unspecified atom stereocenters. The number of fused-ring (bicyclic) bond motifs is 1. The number of halogens is 3. The molecule has 1 N–H and O–H groups in total. The summed E-state index contributed by atoms with van der Waals surface area (Å²) in [6, 6.07) is 6.35. The van der Waals surface area contributed by atoms with E-state index in [1.807, 2.05) is 13.8 Å². The summed E-state index contributed by atoms with van der Waals surface area (Å²) in [5.74, 6) is -3.27. The van der Waals surface area contributed by atoms with Gasteiger partial charge >= 0.3 is 0 Å². The second kappa shape index (κ2) is 11.9. The molecular formula is C32H31ClF2N4O5S. The SMILES string of the molecule is C=CC(=O)N1CCN(c2c(S(C)(=O)=O)c(=O)n(-c3c(C)ccnc3C(C)C)c3c(F)c(-c4c(O)cccc4F)c(Cl)cc23)CC1. The van der Waals surface area contributed by atoms with Crippen LogP contribution < -0.4 is 10.5 Å². The number of hydrogen-bond acceptors (Lipinski definition) is 7. The van der Waals surface area contributed by atoms with Crippen molar-refractivity contribution in [3.63, 3.8) is 0 Å². The van der Waals surface area contributed by atoms with Crippen molar-refractivity contribution in [3.8, 4) is 22.6 Å². The molecule has 0 aliphatic carbocycles. The van der Waals surface area contributed by atoms with Gasteiger partial charge in [0.15, 0.2) is 20.5 Å². The number of phenolic OH excluding ortho intramolecular Hbond substituents is 1. The lowest BCUT2D eigenvalue weighted by molar-refractivity contribution is -0.126. The van der Waals surface area contributed by atoms with Crippen molar-refractivity contribution < 1.29 is 27.1 Å². The van der Waals surface area contributed by atoms with E-state index in [-0.39, 0.29) is 65.3 Å². The third kappa shape index (κ3) is 5.46. The summed E-state index contributed by atoms with van der Waals surface area (Å²) in [5, 5.41) is 10.2. The van der Waals surface area contributed by atoms with Gasteiger partial charge in [0.05, 0.1) is 33.2 Å². The molecule has 3 heterocycles. The van der Waals surface area contributed by atoms with Crippen LogP contribution in [-0.2, 0) is 14.6 Å². The average Bonchev–Trinajstić information content (AvgIpc) is 2.97. The predicted molar refractivity (Wildman–Crippen MR) is 170 cm³/mol. The first kappa shape index (κ1) is 32.1. The van der Waals surface area contributed by atoms with Crippen LogP contribution in [0.3, 0.4) is 0 Å². The number of aromatic nitrogens is 2. The summed E-state index contributed by atoms with van der Waals surface area (Å²) in [6.45, 7) is 9.41. The van der Waals surface area contributed by atoms with Crippen LogP contribution in [0.5, 0.6) is 5.75 Å². The first-order chi connectivity index (χ1) is 21.2. The minimum atomic E-state index is -4.27. The molecule has 9 nitrogen and oxygen atoms in total. The van der Waals surface area contributed by atoms with Crippen molar-refractivity contribution in [2.45, 2.75) is 31.6 Å². The van der Waals surface area contributed by atoms with Gasteiger partial charge in [-0.25, -0.2) is 17.2 Å². The Morgan fingerprint density at radius 3 is 2.36 bits per heavy atom. The third-order valence-electron chi connectivity index (χ3n) is 7.90. The van der Waals surface area contributed by atoms with Crippen molar-refractivity contribution in [2.75, 3.05) is 37.3 Å². The van der Waals surface area contributed by atoms with Crippen molar-refractivity contribution in [1.82, 2.24) is 14.5 Å². The maximum absolute atomic E-state index is 17.2. The fraction of sp³-hybridized carbons (Fsp3) is 0.281. The van der Waals surface area contributed by atoms with E-state index in [4.69, 9.17) is 11.6 Å². The van der Waals surface area contributed by atoms with Crippen LogP contribution in [0.4, 0.5) is 14.5 Å². The van der Waals surface area contributed by atoms with Gasteiger partial charge in [-0.2, -0.15) is 0 Å². The number of nitrogens with zero attached hydrogens (tertiary/aromatic N) is 4. The Hall–Kier alpha value is -4.29. The maximum Gasteiger partial charge on any atom is 0.276 e. The fourth-order valence-electron chi connectivity index (χ4n) is 5.85. The summed E-state index contributed by atoms with van der Waals surface area (Å²) < 4.78 is 60.3. The Balaban J connectivity index is 2.01. The van der Waals surface area contributed by atoms with Crippen LogP contribution >= 0.6 is 11.6 Å². The summed E-state index contributed by atoms with van der Waals surface area (Å²) in [7, 11) is -4.27. The molecule has 1 aliphatic rings. The number of anilines is 1.